The molecular weight excluding hydrogens is 290 g/mol. The van der Waals surface area contributed by atoms with Crippen LogP contribution >= 0.6 is 15.9 Å². The number of carbonyl (C=O) groups is 1. The summed E-state index contributed by atoms with van der Waals surface area (Å²) in [4.78, 5) is 21.0. The van der Waals surface area contributed by atoms with Gasteiger partial charge in [0.25, 0.3) is 5.69 Å². The molecular formula is C11H12BrNO4. The van der Waals surface area contributed by atoms with Crippen LogP contribution in [0.15, 0.2) is 22.7 Å². The summed E-state index contributed by atoms with van der Waals surface area (Å²) in [7, 11) is 0. The fraction of sp³-hybridized carbons (Fsp3) is 0.364. The molecule has 6 heteroatoms. The molecule has 0 aliphatic carbocycles. The molecule has 0 aliphatic rings. The van der Waals surface area contributed by atoms with Crippen molar-refractivity contribution in [2.24, 2.45) is 0 Å². The van der Waals surface area contributed by atoms with Crippen LogP contribution in [0.1, 0.15) is 18.9 Å². The van der Waals surface area contributed by atoms with Crippen molar-refractivity contribution in [3.8, 4) is 0 Å². The van der Waals surface area contributed by atoms with Gasteiger partial charge in [0.15, 0.2) is 0 Å². The lowest BCUT2D eigenvalue weighted by atomic mass is 10.1. The molecule has 0 amide bonds. The Bertz CT molecular complexity index is 433. The van der Waals surface area contributed by atoms with E-state index in [0.29, 0.717) is 22.9 Å². The number of ether oxygens (including phenoxy) is 1. The van der Waals surface area contributed by atoms with Crippen LogP contribution in [0, 0.1) is 10.1 Å². The molecule has 1 aromatic rings. The fourth-order valence-corrected chi connectivity index (χ4v) is 1.98. The van der Waals surface area contributed by atoms with E-state index < -0.39 is 4.92 Å². The van der Waals surface area contributed by atoms with E-state index in [2.05, 4.69) is 15.9 Å². The van der Waals surface area contributed by atoms with Crippen LogP contribution in [0.4, 0.5) is 5.69 Å². The van der Waals surface area contributed by atoms with Crippen molar-refractivity contribution in [2.75, 3.05) is 6.61 Å². The molecule has 0 N–H and O–H groups in total. The van der Waals surface area contributed by atoms with E-state index in [9.17, 15) is 14.9 Å². The van der Waals surface area contributed by atoms with Crippen LogP contribution in [0.25, 0.3) is 0 Å². The lowest BCUT2D eigenvalue weighted by Crippen LogP contribution is -2.03. The number of benzene rings is 1. The van der Waals surface area contributed by atoms with Crippen molar-refractivity contribution in [1.82, 2.24) is 0 Å². The number of esters is 1. The van der Waals surface area contributed by atoms with Crippen LogP contribution in [0.2, 0.25) is 0 Å². The summed E-state index contributed by atoms with van der Waals surface area (Å²) in [5.74, 6) is -0.341. The topological polar surface area (TPSA) is 69.4 Å². The Hall–Kier alpha value is -1.43. The fourth-order valence-electron chi connectivity index (χ4n) is 1.43. The predicted molar refractivity (Wildman–Crippen MR) is 65.8 cm³/mol. The molecule has 92 valence electrons. The van der Waals surface area contributed by atoms with E-state index in [-0.39, 0.29) is 18.3 Å². The molecule has 0 fully saturated rings. The third-order valence-electron chi connectivity index (χ3n) is 2.17. The van der Waals surface area contributed by atoms with Crippen molar-refractivity contribution in [2.45, 2.75) is 19.8 Å². The summed E-state index contributed by atoms with van der Waals surface area (Å²) in [5, 5.41) is 10.8. The van der Waals surface area contributed by atoms with Crippen LogP contribution < -0.4 is 0 Å². The molecule has 0 unspecified atom stereocenters. The smallest absolute Gasteiger partial charge is 0.302 e. The van der Waals surface area contributed by atoms with E-state index in [4.69, 9.17) is 4.74 Å². The molecule has 0 saturated carbocycles. The zero-order valence-electron chi connectivity index (χ0n) is 9.31. The molecule has 0 atom stereocenters. The van der Waals surface area contributed by atoms with Gasteiger partial charge in [-0.25, -0.2) is 0 Å². The Morgan fingerprint density at radius 3 is 2.82 bits per heavy atom. The van der Waals surface area contributed by atoms with Crippen molar-refractivity contribution < 1.29 is 14.5 Å². The van der Waals surface area contributed by atoms with E-state index >= 15 is 0 Å². The lowest BCUT2D eigenvalue weighted by Gasteiger charge is -2.05. The Morgan fingerprint density at radius 2 is 2.24 bits per heavy atom. The van der Waals surface area contributed by atoms with E-state index in [1.54, 1.807) is 12.1 Å². The van der Waals surface area contributed by atoms with Gasteiger partial charge >= 0.3 is 5.97 Å². The van der Waals surface area contributed by atoms with Gasteiger partial charge < -0.3 is 4.74 Å². The van der Waals surface area contributed by atoms with Gasteiger partial charge in [-0.3, -0.25) is 14.9 Å². The first-order chi connectivity index (χ1) is 8.02. The Labute approximate surface area is 107 Å². The second-order valence-electron chi connectivity index (χ2n) is 3.44. The normalized spacial score (nSPS) is 10.0. The van der Waals surface area contributed by atoms with E-state index in [1.165, 1.54) is 13.0 Å². The summed E-state index contributed by atoms with van der Waals surface area (Å²) in [6.07, 6.45) is 1.05. The van der Waals surface area contributed by atoms with Crippen molar-refractivity contribution in [1.29, 1.82) is 0 Å². The summed E-state index contributed by atoms with van der Waals surface area (Å²) < 4.78 is 5.48. The first-order valence-corrected chi connectivity index (χ1v) is 5.87. The number of rotatable bonds is 5. The maximum Gasteiger partial charge on any atom is 0.302 e. The quantitative estimate of drug-likeness (QED) is 0.363. The van der Waals surface area contributed by atoms with Crippen LogP contribution in [-0.4, -0.2) is 17.5 Å². The van der Waals surface area contributed by atoms with E-state index in [0.717, 1.165) is 0 Å². The second kappa shape index (κ2) is 6.34. The molecule has 0 heterocycles. The molecule has 5 nitrogen and oxygen atoms in total. The molecule has 0 saturated heterocycles. The van der Waals surface area contributed by atoms with Crippen molar-refractivity contribution >= 4 is 27.6 Å². The Kier molecular flexibility index (Phi) is 5.09. The first kappa shape index (κ1) is 13.6. The van der Waals surface area contributed by atoms with Gasteiger partial charge in [-0.05, 0) is 18.9 Å². The molecule has 0 aromatic heterocycles. The number of nitro benzene ring substituents is 1. The van der Waals surface area contributed by atoms with Gasteiger partial charge in [-0.1, -0.05) is 22.0 Å². The zero-order chi connectivity index (χ0) is 12.8. The number of carbonyl (C=O) groups excluding carboxylic acids is 1. The molecule has 1 aromatic carbocycles. The highest BCUT2D eigenvalue weighted by Gasteiger charge is 2.15. The molecule has 0 spiro atoms. The monoisotopic (exact) mass is 301 g/mol. The minimum Gasteiger partial charge on any atom is -0.466 e. The first-order valence-electron chi connectivity index (χ1n) is 5.07. The molecule has 0 aliphatic heterocycles. The highest BCUT2D eigenvalue weighted by molar-refractivity contribution is 9.10. The van der Waals surface area contributed by atoms with Gasteiger partial charge in [-0.2, -0.15) is 0 Å². The number of nitrogens with zero attached hydrogens (tertiary/aromatic N) is 1. The third kappa shape index (κ3) is 4.14. The Morgan fingerprint density at radius 1 is 1.53 bits per heavy atom. The largest absolute Gasteiger partial charge is 0.466 e. The van der Waals surface area contributed by atoms with Gasteiger partial charge in [0.1, 0.15) is 0 Å². The second-order valence-corrected chi connectivity index (χ2v) is 4.29. The average Bonchev–Trinajstić information content (AvgIpc) is 2.25. The summed E-state index contributed by atoms with van der Waals surface area (Å²) in [5.41, 5.74) is 0.715. The number of hydrogen-bond donors (Lipinski definition) is 0. The number of nitro groups is 1. The minimum atomic E-state index is -0.411. The third-order valence-corrected chi connectivity index (χ3v) is 2.91. The maximum atomic E-state index is 10.8. The van der Waals surface area contributed by atoms with Crippen molar-refractivity contribution in [3.63, 3.8) is 0 Å². The van der Waals surface area contributed by atoms with Gasteiger partial charge in [-0.15, -0.1) is 0 Å². The predicted octanol–water partition coefficient (Wildman–Crippen LogP) is 2.85. The average molecular weight is 302 g/mol. The van der Waals surface area contributed by atoms with Gasteiger partial charge in [0.2, 0.25) is 0 Å². The van der Waals surface area contributed by atoms with Crippen LogP contribution in [0.5, 0.6) is 0 Å². The maximum absolute atomic E-state index is 10.8. The lowest BCUT2D eigenvalue weighted by molar-refractivity contribution is -0.385. The number of hydrogen-bond acceptors (Lipinski definition) is 4. The Balaban J connectivity index is 2.69. The summed E-state index contributed by atoms with van der Waals surface area (Å²) in [6.45, 7) is 1.61. The highest BCUT2D eigenvalue weighted by atomic mass is 79.9. The van der Waals surface area contributed by atoms with Crippen LogP contribution in [0.3, 0.4) is 0 Å². The minimum absolute atomic E-state index is 0.0854. The molecule has 0 radical (unpaired) electrons. The standard InChI is InChI=1S/C11H12BrNO4/c1-8(14)17-7-3-4-9-10(12)5-2-6-11(9)13(15)16/h2,5-6H,3-4,7H2,1H3. The highest BCUT2D eigenvalue weighted by Crippen LogP contribution is 2.27. The van der Waals surface area contributed by atoms with Gasteiger partial charge in [0.05, 0.1) is 11.5 Å². The summed E-state index contributed by atoms with van der Waals surface area (Å²) in [6, 6.07) is 4.85. The molecule has 0 bridgehead atoms. The molecule has 17 heavy (non-hydrogen) atoms. The van der Waals surface area contributed by atoms with Crippen LogP contribution in [-0.2, 0) is 16.0 Å². The zero-order valence-corrected chi connectivity index (χ0v) is 10.9. The van der Waals surface area contributed by atoms with Crippen molar-refractivity contribution in [3.05, 3.63) is 38.3 Å². The summed E-state index contributed by atoms with van der Waals surface area (Å²) >= 11 is 3.28. The molecule has 1 rings (SSSR count). The van der Waals surface area contributed by atoms with Gasteiger partial charge in [0, 0.05) is 23.0 Å². The van der Waals surface area contributed by atoms with E-state index in [1.807, 2.05) is 0 Å². The SMILES string of the molecule is CC(=O)OCCCc1c(Br)cccc1[N+](=O)[O-]. The number of halogens is 1.